The average molecular weight is 265 g/mol. The Morgan fingerprint density at radius 3 is 2.74 bits per heavy atom. The maximum Gasteiger partial charge on any atom is 0.153 e. The Morgan fingerprint density at radius 2 is 2.05 bits per heavy atom. The molecule has 8 heteroatoms. The zero-order chi connectivity index (χ0) is 13.6. The van der Waals surface area contributed by atoms with Crippen molar-refractivity contribution < 1.29 is 15.3 Å². The fourth-order valence-electron chi connectivity index (χ4n) is 2.64. The molecule has 1 fully saturated rings. The monoisotopic (exact) mass is 265 g/mol. The second kappa shape index (κ2) is 4.49. The summed E-state index contributed by atoms with van der Waals surface area (Å²) in [5, 5.41) is 32.0. The lowest BCUT2D eigenvalue weighted by Gasteiger charge is -2.20. The van der Waals surface area contributed by atoms with E-state index in [9.17, 15) is 10.2 Å². The van der Waals surface area contributed by atoms with E-state index in [1.807, 2.05) is 0 Å². The van der Waals surface area contributed by atoms with Crippen LogP contribution < -0.4 is 11.1 Å². The first-order valence-electron chi connectivity index (χ1n) is 6.01. The Bertz CT molecular complexity index is 523. The number of hydrogen-bond acceptors (Lipinski definition) is 8. The SMILES string of the molecule is Nc1ncnc2c1N=CC2[C@H]1N[C@@H](CO)[C@H](O)[C@@H]1O. The van der Waals surface area contributed by atoms with E-state index in [2.05, 4.69) is 20.3 Å². The fraction of sp³-hybridized carbons (Fsp3) is 0.545. The zero-order valence-electron chi connectivity index (χ0n) is 10.0. The van der Waals surface area contributed by atoms with Gasteiger partial charge in [0.15, 0.2) is 5.82 Å². The molecule has 1 unspecified atom stereocenters. The molecule has 1 saturated heterocycles. The van der Waals surface area contributed by atoms with Crippen LogP contribution in [0.25, 0.3) is 0 Å². The molecule has 0 saturated carbocycles. The highest BCUT2D eigenvalue weighted by Gasteiger charge is 2.46. The van der Waals surface area contributed by atoms with Crippen LogP contribution >= 0.6 is 0 Å². The fourth-order valence-corrected chi connectivity index (χ4v) is 2.64. The molecule has 1 aromatic heterocycles. The lowest BCUT2D eigenvalue weighted by Crippen LogP contribution is -2.39. The van der Waals surface area contributed by atoms with Crippen molar-refractivity contribution in [2.75, 3.05) is 12.3 Å². The number of aliphatic imine (C=N–C) groups is 1. The van der Waals surface area contributed by atoms with Crippen molar-refractivity contribution in [2.45, 2.75) is 30.2 Å². The molecule has 0 spiro atoms. The molecule has 0 aliphatic carbocycles. The summed E-state index contributed by atoms with van der Waals surface area (Å²) in [7, 11) is 0. The minimum Gasteiger partial charge on any atom is -0.395 e. The second-order valence-corrected chi connectivity index (χ2v) is 4.76. The van der Waals surface area contributed by atoms with Crippen LogP contribution in [0.4, 0.5) is 11.5 Å². The van der Waals surface area contributed by atoms with E-state index >= 15 is 0 Å². The van der Waals surface area contributed by atoms with E-state index in [1.54, 1.807) is 6.21 Å². The first-order chi connectivity index (χ1) is 9.13. The number of aromatic nitrogens is 2. The van der Waals surface area contributed by atoms with Gasteiger partial charge in [-0.3, -0.25) is 4.99 Å². The van der Waals surface area contributed by atoms with E-state index < -0.39 is 24.3 Å². The lowest BCUT2D eigenvalue weighted by molar-refractivity contribution is 0.0189. The molecule has 0 radical (unpaired) electrons. The van der Waals surface area contributed by atoms with Crippen molar-refractivity contribution in [3.8, 4) is 0 Å². The molecule has 6 N–H and O–H groups in total. The van der Waals surface area contributed by atoms with Crippen LogP contribution in [0.3, 0.4) is 0 Å². The van der Waals surface area contributed by atoms with E-state index in [0.717, 1.165) is 0 Å². The summed E-state index contributed by atoms with van der Waals surface area (Å²) in [5.41, 5.74) is 6.83. The molecule has 19 heavy (non-hydrogen) atoms. The van der Waals surface area contributed by atoms with Crippen molar-refractivity contribution in [2.24, 2.45) is 4.99 Å². The molecule has 2 aliphatic rings. The van der Waals surface area contributed by atoms with Crippen LogP contribution in [0.1, 0.15) is 11.6 Å². The molecule has 8 nitrogen and oxygen atoms in total. The van der Waals surface area contributed by atoms with Gasteiger partial charge in [0.05, 0.1) is 36.5 Å². The van der Waals surface area contributed by atoms with E-state index in [1.165, 1.54) is 6.33 Å². The number of nitrogens with two attached hydrogens (primary N) is 1. The lowest BCUT2D eigenvalue weighted by atomic mass is 9.94. The summed E-state index contributed by atoms with van der Waals surface area (Å²) < 4.78 is 0. The van der Waals surface area contributed by atoms with Crippen LogP contribution in [0, 0.1) is 0 Å². The largest absolute Gasteiger partial charge is 0.395 e. The summed E-state index contributed by atoms with van der Waals surface area (Å²) in [6, 6.07) is -1.02. The summed E-state index contributed by atoms with van der Waals surface area (Å²) >= 11 is 0. The first kappa shape index (κ1) is 12.4. The summed E-state index contributed by atoms with van der Waals surface area (Å²) in [6.07, 6.45) is 0.947. The van der Waals surface area contributed by atoms with E-state index in [0.29, 0.717) is 11.4 Å². The molecule has 1 aromatic rings. The van der Waals surface area contributed by atoms with E-state index in [4.69, 9.17) is 10.8 Å². The van der Waals surface area contributed by atoms with Gasteiger partial charge in [-0.2, -0.15) is 0 Å². The number of aliphatic hydroxyl groups is 3. The van der Waals surface area contributed by atoms with Gasteiger partial charge in [0, 0.05) is 12.3 Å². The van der Waals surface area contributed by atoms with Crippen molar-refractivity contribution in [1.29, 1.82) is 0 Å². The normalized spacial score (nSPS) is 36.7. The molecule has 102 valence electrons. The Kier molecular flexibility index (Phi) is 2.94. The first-order valence-corrected chi connectivity index (χ1v) is 6.01. The van der Waals surface area contributed by atoms with Gasteiger partial charge in [-0.1, -0.05) is 0 Å². The second-order valence-electron chi connectivity index (χ2n) is 4.76. The Morgan fingerprint density at radius 1 is 1.26 bits per heavy atom. The number of aliphatic hydroxyl groups excluding tert-OH is 3. The molecule has 3 heterocycles. The Hall–Kier alpha value is -1.61. The summed E-state index contributed by atoms with van der Waals surface area (Å²) in [6.45, 7) is -0.253. The molecule has 3 rings (SSSR count). The van der Waals surface area contributed by atoms with E-state index in [-0.39, 0.29) is 18.3 Å². The average Bonchev–Trinajstić information content (AvgIpc) is 2.94. The number of nitrogens with zero attached hydrogens (tertiary/aromatic N) is 3. The number of rotatable bonds is 2. The van der Waals surface area contributed by atoms with Crippen LogP contribution in [0.15, 0.2) is 11.3 Å². The predicted octanol–water partition coefficient (Wildman–Crippen LogP) is -2.09. The molecular formula is C11H15N5O3. The van der Waals surface area contributed by atoms with Gasteiger partial charge in [-0.05, 0) is 0 Å². The van der Waals surface area contributed by atoms with Gasteiger partial charge < -0.3 is 26.4 Å². The molecule has 5 atom stereocenters. The maximum atomic E-state index is 10.1. The highest BCUT2D eigenvalue weighted by molar-refractivity contribution is 5.84. The van der Waals surface area contributed by atoms with Crippen LogP contribution in [-0.2, 0) is 0 Å². The highest BCUT2D eigenvalue weighted by Crippen LogP contribution is 2.38. The van der Waals surface area contributed by atoms with Gasteiger partial charge in [-0.15, -0.1) is 0 Å². The van der Waals surface area contributed by atoms with Crippen LogP contribution in [-0.4, -0.2) is 62.4 Å². The van der Waals surface area contributed by atoms with Gasteiger partial charge in [-0.25, -0.2) is 9.97 Å². The number of nitrogen functional groups attached to an aromatic ring is 1. The maximum absolute atomic E-state index is 10.1. The summed E-state index contributed by atoms with van der Waals surface area (Å²) in [4.78, 5) is 12.2. The number of fused-ring (bicyclic) bond motifs is 1. The smallest absolute Gasteiger partial charge is 0.153 e. The van der Waals surface area contributed by atoms with Gasteiger partial charge in [0.2, 0.25) is 0 Å². The van der Waals surface area contributed by atoms with Crippen LogP contribution in [0.5, 0.6) is 0 Å². The Labute approximate surface area is 109 Å². The van der Waals surface area contributed by atoms with Crippen molar-refractivity contribution in [3.05, 3.63) is 12.0 Å². The third-order valence-electron chi connectivity index (χ3n) is 3.68. The topological polar surface area (TPSA) is 137 Å². The molecule has 0 aromatic carbocycles. The van der Waals surface area contributed by atoms with Crippen molar-refractivity contribution in [1.82, 2.24) is 15.3 Å². The molecular weight excluding hydrogens is 250 g/mol. The highest BCUT2D eigenvalue weighted by atomic mass is 16.3. The number of hydrogen-bond donors (Lipinski definition) is 5. The van der Waals surface area contributed by atoms with Crippen molar-refractivity contribution in [3.63, 3.8) is 0 Å². The standard InChI is InChI=1S/C11H15N5O3/c12-11-8-6(14-3-15-11)4(1-13-8)7-10(19)9(18)5(2-17)16-7/h1,3-5,7,9-10,16-19H,2H2,(H2,12,14,15)/t4?,5-,7+,9-,10+/m0/s1. The van der Waals surface area contributed by atoms with Crippen molar-refractivity contribution >= 4 is 17.7 Å². The number of nitrogens with one attached hydrogen (secondary N) is 1. The molecule has 2 aliphatic heterocycles. The van der Waals surface area contributed by atoms with Gasteiger partial charge >= 0.3 is 0 Å². The quantitative estimate of drug-likeness (QED) is 0.413. The Balaban J connectivity index is 1.91. The minimum atomic E-state index is -1.02. The van der Waals surface area contributed by atoms with Gasteiger partial charge in [0.25, 0.3) is 0 Å². The predicted molar refractivity (Wildman–Crippen MR) is 67.1 cm³/mol. The molecule has 0 bridgehead atoms. The summed E-state index contributed by atoms with van der Waals surface area (Å²) in [5.74, 6) is -0.0167. The van der Waals surface area contributed by atoms with Crippen LogP contribution in [0.2, 0.25) is 0 Å². The minimum absolute atomic E-state index is 0.253. The molecule has 0 amide bonds. The van der Waals surface area contributed by atoms with Gasteiger partial charge in [0.1, 0.15) is 12.0 Å². The third-order valence-corrected chi connectivity index (χ3v) is 3.68. The third kappa shape index (κ3) is 1.80. The zero-order valence-corrected chi connectivity index (χ0v) is 10.0. The number of anilines is 1.